The lowest BCUT2D eigenvalue weighted by molar-refractivity contribution is 0.0946. The van der Waals surface area contributed by atoms with Gasteiger partial charge in [0.15, 0.2) is 11.5 Å². The van der Waals surface area contributed by atoms with E-state index in [9.17, 15) is 4.79 Å². The van der Waals surface area contributed by atoms with Gasteiger partial charge in [0.05, 0.1) is 39.8 Å². The molecule has 0 spiro atoms. The van der Waals surface area contributed by atoms with Crippen molar-refractivity contribution in [1.82, 2.24) is 15.1 Å². The maximum atomic E-state index is 13.5. The second-order valence-corrected chi connectivity index (χ2v) is 8.88. The number of hydrogen-bond donors (Lipinski definition) is 1. The van der Waals surface area contributed by atoms with Crippen molar-refractivity contribution in [2.75, 3.05) is 35.0 Å². The van der Waals surface area contributed by atoms with Gasteiger partial charge in [-0.3, -0.25) is 4.79 Å². The molecule has 0 aliphatic rings. The van der Waals surface area contributed by atoms with Crippen LogP contribution in [-0.2, 0) is 6.42 Å². The lowest BCUT2D eigenvalue weighted by Gasteiger charge is -2.12. The summed E-state index contributed by atoms with van der Waals surface area (Å²) in [5.41, 5.74) is 5.75. The van der Waals surface area contributed by atoms with Crippen LogP contribution in [0.5, 0.6) is 23.0 Å². The highest BCUT2D eigenvalue weighted by Gasteiger charge is 2.21. The van der Waals surface area contributed by atoms with E-state index >= 15 is 0 Å². The number of amides is 1. The van der Waals surface area contributed by atoms with E-state index in [0.717, 1.165) is 27.9 Å². The monoisotopic (exact) mass is 515 g/mol. The average Bonchev–Trinajstić information content (AvgIpc) is 3.38. The van der Waals surface area contributed by atoms with Crippen LogP contribution in [0.15, 0.2) is 60.7 Å². The Hall–Kier alpha value is -4.46. The maximum absolute atomic E-state index is 13.5. The first-order valence-corrected chi connectivity index (χ1v) is 12.3. The molecule has 4 rings (SSSR count). The van der Waals surface area contributed by atoms with E-state index in [1.807, 2.05) is 62.4 Å². The van der Waals surface area contributed by atoms with E-state index in [-0.39, 0.29) is 5.91 Å². The number of aromatic nitrogens is 2. The number of nitrogens with one attached hydrogen (secondary N) is 1. The molecule has 0 saturated carbocycles. The van der Waals surface area contributed by atoms with Crippen LogP contribution in [0.4, 0.5) is 0 Å². The second-order valence-electron chi connectivity index (χ2n) is 8.88. The lowest BCUT2D eigenvalue weighted by atomic mass is 10.1. The number of carbonyl (C=O) groups is 1. The number of ether oxygens (including phenoxy) is 4. The fourth-order valence-electron chi connectivity index (χ4n) is 4.26. The Kier molecular flexibility index (Phi) is 8.21. The van der Waals surface area contributed by atoms with Crippen molar-refractivity contribution < 1.29 is 23.7 Å². The van der Waals surface area contributed by atoms with Gasteiger partial charge in [0, 0.05) is 18.2 Å². The number of rotatable bonds is 10. The molecule has 1 heterocycles. The summed E-state index contributed by atoms with van der Waals surface area (Å²) >= 11 is 0. The largest absolute Gasteiger partial charge is 0.497 e. The molecule has 198 valence electrons. The van der Waals surface area contributed by atoms with Crippen LogP contribution in [0.1, 0.15) is 27.2 Å². The molecule has 8 heteroatoms. The Morgan fingerprint density at radius 3 is 2.29 bits per heavy atom. The SMILES string of the molecule is COc1ccc(-c2cc(C(=O)NCCc3ccc(OC)c(OC)c3)n(-c3cc(C)ccc3C)n2)c(OC)c1. The summed E-state index contributed by atoms with van der Waals surface area (Å²) in [5.74, 6) is 2.38. The summed E-state index contributed by atoms with van der Waals surface area (Å²) in [6.45, 7) is 4.46. The van der Waals surface area contributed by atoms with E-state index in [0.29, 0.717) is 47.4 Å². The van der Waals surface area contributed by atoms with Crippen molar-refractivity contribution in [3.8, 4) is 39.9 Å². The molecular weight excluding hydrogens is 482 g/mol. The Balaban J connectivity index is 1.66. The fraction of sp³-hybridized carbons (Fsp3) is 0.267. The van der Waals surface area contributed by atoms with Gasteiger partial charge in [-0.25, -0.2) is 4.68 Å². The van der Waals surface area contributed by atoms with E-state index in [4.69, 9.17) is 24.0 Å². The molecule has 0 bridgehead atoms. The van der Waals surface area contributed by atoms with Gasteiger partial charge in [0.25, 0.3) is 5.91 Å². The highest BCUT2D eigenvalue weighted by Crippen LogP contribution is 2.34. The van der Waals surface area contributed by atoms with Crippen LogP contribution in [0.25, 0.3) is 16.9 Å². The van der Waals surface area contributed by atoms with Gasteiger partial charge in [-0.15, -0.1) is 0 Å². The van der Waals surface area contributed by atoms with Crippen molar-refractivity contribution in [2.45, 2.75) is 20.3 Å². The Labute approximate surface area is 223 Å². The van der Waals surface area contributed by atoms with Crippen molar-refractivity contribution in [1.29, 1.82) is 0 Å². The van der Waals surface area contributed by atoms with E-state index < -0.39 is 0 Å². The topological polar surface area (TPSA) is 83.8 Å². The van der Waals surface area contributed by atoms with Crippen molar-refractivity contribution in [2.24, 2.45) is 0 Å². The Morgan fingerprint density at radius 1 is 0.816 bits per heavy atom. The number of aryl methyl sites for hydroxylation is 2. The van der Waals surface area contributed by atoms with Gasteiger partial charge in [0.1, 0.15) is 17.2 Å². The van der Waals surface area contributed by atoms with Crippen molar-refractivity contribution >= 4 is 5.91 Å². The van der Waals surface area contributed by atoms with Gasteiger partial charge in [-0.2, -0.15) is 5.10 Å². The third kappa shape index (κ3) is 5.59. The van der Waals surface area contributed by atoms with E-state index in [1.165, 1.54) is 0 Å². The smallest absolute Gasteiger partial charge is 0.270 e. The number of methoxy groups -OCH3 is 4. The molecule has 0 unspecified atom stereocenters. The molecule has 3 aromatic carbocycles. The molecule has 38 heavy (non-hydrogen) atoms. The van der Waals surface area contributed by atoms with Gasteiger partial charge in [-0.1, -0.05) is 18.2 Å². The van der Waals surface area contributed by atoms with E-state index in [2.05, 4.69) is 5.32 Å². The van der Waals surface area contributed by atoms with Crippen LogP contribution < -0.4 is 24.3 Å². The van der Waals surface area contributed by atoms with Gasteiger partial charge in [0.2, 0.25) is 0 Å². The lowest BCUT2D eigenvalue weighted by Crippen LogP contribution is -2.28. The molecule has 8 nitrogen and oxygen atoms in total. The summed E-state index contributed by atoms with van der Waals surface area (Å²) in [6, 6.07) is 19.1. The fourth-order valence-corrected chi connectivity index (χ4v) is 4.26. The normalized spacial score (nSPS) is 10.7. The molecule has 0 atom stereocenters. The zero-order valence-electron chi connectivity index (χ0n) is 22.6. The molecule has 4 aromatic rings. The van der Waals surface area contributed by atoms with Crippen LogP contribution in [-0.4, -0.2) is 50.7 Å². The summed E-state index contributed by atoms with van der Waals surface area (Å²) in [4.78, 5) is 13.5. The predicted octanol–water partition coefficient (Wildman–Crippen LogP) is 5.16. The highest BCUT2D eigenvalue weighted by molar-refractivity contribution is 5.94. The third-order valence-electron chi connectivity index (χ3n) is 6.37. The number of nitrogens with zero attached hydrogens (tertiary/aromatic N) is 2. The zero-order chi connectivity index (χ0) is 27.2. The summed E-state index contributed by atoms with van der Waals surface area (Å²) in [7, 11) is 6.41. The Bertz CT molecular complexity index is 1440. The molecule has 0 aliphatic carbocycles. The first-order valence-electron chi connectivity index (χ1n) is 12.3. The highest BCUT2D eigenvalue weighted by atomic mass is 16.5. The molecule has 0 saturated heterocycles. The van der Waals surface area contributed by atoms with Gasteiger partial charge in [-0.05, 0) is 73.4 Å². The minimum atomic E-state index is -0.224. The van der Waals surface area contributed by atoms with Crippen molar-refractivity contribution in [3.63, 3.8) is 0 Å². The molecule has 1 amide bonds. The molecule has 0 fully saturated rings. The van der Waals surface area contributed by atoms with Gasteiger partial charge >= 0.3 is 0 Å². The summed E-state index contributed by atoms with van der Waals surface area (Å²) in [6.07, 6.45) is 0.628. The van der Waals surface area contributed by atoms with Crippen LogP contribution in [0.3, 0.4) is 0 Å². The molecule has 0 radical (unpaired) electrons. The molecule has 1 aromatic heterocycles. The number of carbonyl (C=O) groups excluding carboxylic acids is 1. The van der Waals surface area contributed by atoms with Crippen LogP contribution >= 0.6 is 0 Å². The Morgan fingerprint density at radius 2 is 1.58 bits per heavy atom. The van der Waals surface area contributed by atoms with Crippen LogP contribution in [0.2, 0.25) is 0 Å². The standard InChI is InChI=1S/C30H33N3O5/c1-19-7-8-20(2)25(15-19)33-26(18-24(32-33)23-11-10-22(35-3)17-28(23)37-5)30(34)31-14-13-21-9-12-27(36-4)29(16-21)38-6/h7-12,15-18H,13-14H2,1-6H3,(H,31,34). The minimum Gasteiger partial charge on any atom is -0.497 e. The zero-order valence-corrected chi connectivity index (χ0v) is 22.6. The average molecular weight is 516 g/mol. The molecular formula is C30H33N3O5. The van der Waals surface area contributed by atoms with Crippen LogP contribution in [0, 0.1) is 13.8 Å². The van der Waals surface area contributed by atoms with Gasteiger partial charge < -0.3 is 24.3 Å². The third-order valence-corrected chi connectivity index (χ3v) is 6.37. The minimum absolute atomic E-state index is 0.224. The van der Waals surface area contributed by atoms with E-state index in [1.54, 1.807) is 45.3 Å². The first-order chi connectivity index (χ1) is 18.4. The molecule has 0 aliphatic heterocycles. The predicted molar refractivity (Wildman–Crippen MR) is 147 cm³/mol. The van der Waals surface area contributed by atoms with Crippen molar-refractivity contribution in [3.05, 3.63) is 83.0 Å². The number of hydrogen-bond acceptors (Lipinski definition) is 6. The molecule has 1 N–H and O–H groups in total. The maximum Gasteiger partial charge on any atom is 0.270 e. The summed E-state index contributed by atoms with van der Waals surface area (Å²) in [5, 5.41) is 7.90. The first kappa shape index (κ1) is 26.6. The number of benzene rings is 3. The quantitative estimate of drug-likeness (QED) is 0.314. The second kappa shape index (κ2) is 11.7. The summed E-state index contributed by atoms with van der Waals surface area (Å²) < 4.78 is 23.3.